The van der Waals surface area contributed by atoms with Crippen LogP contribution in [0.15, 0.2) is 55.0 Å². The first-order valence-electron chi connectivity index (χ1n) is 8.44. The van der Waals surface area contributed by atoms with Gasteiger partial charge >= 0.3 is 6.09 Å². The van der Waals surface area contributed by atoms with Crippen LogP contribution in [0.2, 0.25) is 5.02 Å². The van der Waals surface area contributed by atoms with Gasteiger partial charge in [-0.15, -0.1) is 0 Å². The van der Waals surface area contributed by atoms with Crippen molar-refractivity contribution in [1.82, 2.24) is 20.1 Å². The van der Waals surface area contributed by atoms with Crippen LogP contribution in [0.5, 0.6) is 0 Å². The number of nitrogens with zero attached hydrogens (tertiary/aromatic N) is 3. The number of anilines is 1. The molecule has 2 aromatic heterocycles. The van der Waals surface area contributed by atoms with Crippen LogP contribution in [0.25, 0.3) is 5.69 Å². The smallest absolute Gasteiger partial charge is 0.405 e. The molecular weight excluding hydrogens is 382 g/mol. The van der Waals surface area contributed by atoms with E-state index >= 15 is 0 Å². The van der Waals surface area contributed by atoms with Gasteiger partial charge < -0.3 is 15.7 Å². The van der Waals surface area contributed by atoms with Gasteiger partial charge in [-0.3, -0.25) is 9.78 Å². The Kier molecular flexibility index (Phi) is 5.90. The average Bonchev–Trinajstić information content (AvgIpc) is 3.03. The Morgan fingerprint density at radius 3 is 2.50 bits per heavy atom. The van der Waals surface area contributed by atoms with Crippen LogP contribution < -0.4 is 10.6 Å². The van der Waals surface area contributed by atoms with Gasteiger partial charge in [0.05, 0.1) is 23.3 Å². The van der Waals surface area contributed by atoms with E-state index in [1.165, 1.54) is 6.20 Å². The molecule has 9 heteroatoms. The monoisotopic (exact) mass is 399 g/mol. The molecule has 3 N–H and O–H groups in total. The summed E-state index contributed by atoms with van der Waals surface area (Å²) in [6, 6.07) is 9.49. The Morgan fingerprint density at radius 1 is 1.18 bits per heavy atom. The summed E-state index contributed by atoms with van der Waals surface area (Å²) in [6.45, 7) is 1.81. The summed E-state index contributed by atoms with van der Waals surface area (Å²) in [7, 11) is 0. The molecule has 0 aliphatic carbocycles. The lowest BCUT2D eigenvalue weighted by Gasteiger charge is -2.17. The van der Waals surface area contributed by atoms with Crippen molar-refractivity contribution in [3.05, 3.63) is 71.3 Å². The topological polar surface area (TPSA) is 109 Å². The van der Waals surface area contributed by atoms with Gasteiger partial charge in [0.2, 0.25) is 5.91 Å². The van der Waals surface area contributed by atoms with Gasteiger partial charge in [0.1, 0.15) is 6.04 Å². The Bertz CT molecular complexity index is 973. The van der Waals surface area contributed by atoms with Gasteiger partial charge in [-0.25, -0.2) is 9.48 Å². The Morgan fingerprint density at radius 2 is 1.86 bits per heavy atom. The molecule has 0 saturated carbocycles. The maximum Gasteiger partial charge on any atom is 0.405 e. The number of nitrogens with one attached hydrogen (secondary N) is 2. The van der Waals surface area contributed by atoms with Crippen molar-refractivity contribution in [3.8, 4) is 5.69 Å². The van der Waals surface area contributed by atoms with Crippen molar-refractivity contribution < 1.29 is 14.7 Å². The molecule has 3 rings (SSSR count). The third kappa shape index (κ3) is 4.66. The van der Waals surface area contributed by atoms with E-state index in [0.717, 1.165) is 11.3 Å². The van der Waals surface area contributed by atoms with Crippen molar-refractivity contribution in [2.24, 2.45) is 0 Å². The zero-order valence-electron chi connectivity index (χ0n) is 15.0. The lowest BCUT2D eigenvalue weighted by molar-refractivity contribution is -0.118. The van der Waals surface area contributed by atoms with E-state index in [-0.39, 0.29) is 6.42 Å². The normalized spacial score (nSPS) is 11.6. The second kappa shape index (κ2) is 8.53. The van der Waals surface area contributed by atoms with Crippen molar-refractivity contribution >= 4 is 29.3 Å². The molecule has 8 nitrogen and oxygen atoms in total. The van der Waals surface area contributed by atoms with E-state index < -0.39 is 18.0 Å². The molecule has 0 saturated heterocycles. The molecule has 28 heavy (non-hydrogen) atoms. The number of benzene rings is 1. The summed E-state index contributed by atoms with van der Waals surface area (Å²) in [5.74, 6) is -0.477. The fourth-order valence-electron chi connectivity index (χ4n) is 2.71. The molecule has 0 radical (unpaired) electrons. The van der Waals surface area contributed by atoms with Gasteiger partial charge in [-0.2, -0.15) is 5.10 Å². The number of amides is 2. The number of rotatable bonds is 6. The molecule has 1 atom stereocenters. The molecule has 0 spiro atoms. The molecule has 2 heterocycles. The highest BCUT2D eigenvalue weighted by molar-refractivity contribution is 6.30. The average molecular weight is 400 g/mol. The van der Waals surface area contributed by atoms with Crippen molar-refractivity contribution in [2.75, 3.05) is 5.32 Å². The number of carboxylic acid groups (broad SMARTS) is 1. The van der Waals surface area contributed by atoms with Crippen LogP contribution in [0.1, 0.15) is 11.3 Å². The first-order chi connectivity index (χ1) is 13.4. The first-order valence-corrected chi connectivity index (χ1v) is 8.81. The molecule has 0 bridgehead atoms. The standard InChI is InChI=1S/C19H18ClN5O3/c1-12-17(11-22-25(12)15-6-8-21-9-7-15)23-18(26)16(24-19(27)28)10-13-2-4-14(20)5-3-13/h2-9,11,16,24H,10H2,1H3,(H,23,26)(H,27,28)/t16-/m0/s1. The maximum absolute atomic E-state index is 12.7. The summed E-state index contributed by atoms with van der Waals surface area (Å²) >= 11 is 5.87. The van der Waals surface area contributed by atoms with Crippen molar-refractivity contribution in [2.45, 2.75) is 19.4 Å². The molecular formula is C19H18ClN5O3. The van der Waals surface area contributed by atoms with E-state index in [1.807, 2.05) is 6.92 Å². The molecule has 0 unspecified atom stereocenters. The van der Waals surface area contributed by atoms with Crippen molar-refractivity contribution in [3.63, 3.8) is 0 Å². The minimum Gasteiger partial charge on any atom is -0.465 e. The van der Waals surface area contributed by atoms with Gasteiger partial charge in [-0.05, 0) is 36.8 Å². The fraction of sp³-hybridized carbons (Fsp3) is 0.158. The van der Waals surface area contributed by atoms with Crippen LogP contribution in [0, 0.1) is 6.92 Å². The zero-order chi connectivity index (χ0) is 20.1. The molecule has 0 fully saturated rings. The van der Waals surface area contributed by atoms with Crippen molar-refractivity contribution in [1.29, 1.82) is 0 Å². The number of carbonyl (C=O) groups is 2. The number of carbonyl (C=O) groups excluding carboxylic acids is 1. The highest BCUT2D eigenvalue weighted by Gasteiger charge is 2.22. The van der Waals surface area contributed by atoms with Crippen LogP contribution >= 0.6 is 11.6 Å². The fourth-order valence-corrected chi connectivity index (χ4v) is 2.84. The second-order valence-electron chi connectivity index (χ2n) is 6.08. The van der Waals surface area contributed by atoms with Crippen LogP contribution in [0.4, 0.5) is 10.5 Å². The number of hydrogen-bond acceptors (Lipinski definition) is 4. The van der Waals surface area contributed by atoms with E-state index in [1.54, 1.807) is 53.5 Å². The third-order valence-corrected chi connectivity index (χ3v) is 4.39. The third-order valence-electron chi connectivity index (χ3n) is 4.14. The number of hydrogen-bond donors (Lipinski definition) is 3. The van der Waals surface area contributed by atoms with Gasteiger partial charge in [0.25, 0.3) is 0 Å². The first kappa shape index (κ1) is 19.4. The molecule has 1 aromatic carbocycles. The molecule has 0 aliphatic heterocycles. The Balaban J connectivity index is 1.77. The molecule has 2 amide bonds. The highest BCUT2D eigenvalue weighted by Crippen LogP contribution is 2.19. The van der Waals surface area contributed by atoms with Crippen LogP contribution in [-0.4, -0.2) is 37.9 Å². The summed E-state index contributed by atoms with van der Waals surface area (Å²) in [4.78, 5) is 27.8. The van der Waals surface area contributed by atoms with Crippen LogP contribution in [-0.2, 0) is 11.2 Å². The largest absolute Gasteiger partial charge is 0.465 e. The van der Waals surface area contributed by atoms with E-state index in [9.17, 15) is 9.59 Å². The van der Waals surface area contributed by atoms with Gasteiger partial charge in [-0.1, -0.05) is 23.7 Å². The second-order valence-corrected chi connectivity index (χ2v) is 6.52. The molecule has 144 valence electrons. The van der Waals surface area contributed by atoms with E-state index in [0.29, 0.717) is 16.4 Å². The van der Waals surface area contributed by atoms with Gasteiger partial charge in [0.15, 0.2) is 0 Å². The Hall–Kier alpha value is -3.39. The quantitative estimate of drug-likeness (QED) is 0.590. The van der Waals surface area contributed by atoms with E-state index in [2.05, 4.69) is 20.7 Å². The van der Waals surface area contributed by atoms with Crippen LogP contribution in [0.3, 0.4) is 0 Å². The lowest BCUT2D eigenvalue weighted by Crippen LogP contribution is -2.44. The van der Waals surface area contributed by atoms with E-state index in [4.69, 9.17) is 16.7 Å². The van der Waals surface area contributed by atoms with Gasteiger partial charge in [0, 0.05) is 23.8 Å². The summed E-state index contributed by atoms with van der Waals surface area (Å²) in [5, 5.41) is 18.9. The SMILES string of the molecule is Cc1c(NC(=O)[C@H](Cc2ccc(Cl)cc2)NC(=O)O)cnn1-c1ccncc1. The zero-order valence-corrected chi connectivity index (χ0v) is 15.7. The highest BCUT2D eigenvalue weighted by atomic mass is 35.5. The minimum absolute atomic E-state index is 0.187. The predicted octanol–water partition coefficient (Wildman–Crippen LogP) is 3.05. The Labute approximate surface area is 166 Å². The molecule has 3 aromatic rings. The summed E-state index contributed by atoms with van der Waals surface area (Å²) < 4.78 is 1.66. The molecule has 0 aliphatic rings. The number of pyridine rings is 1. The predicted molar refractivity (Wildman–Crippen MR) is 105 cm³/mol. The number of aromatic nitrogens is 3. The minimum atomic E-state index is -1.28. The maximum atomic E-state index is 12.7. The summed E-state index contributed by atoms with van der Waals surface area (Å²) in [5.41, 5.74) is 2.78. The lowest BCUT2D eigenvalue weighted by atomic mass is 10.1. The number of halogens is 1. The summed E-state index contributed by atoms with van der Waals surface area (Å²) in [6.07, 6.45) is 3.72.